The zero-order chi connectivity index (χ0) is 14.2. The van der Waals surface area contributed by atoms with Crippen molar-refractivity contribution < 1.29 is 13.2 Å². The molecule has 4 nitrogen and oxygen atoms in total. The fraction of sp³-hybridized carbons (Fsp3) is 0.417. The van der Waals surface area contributed by atoms with Gasteiger partial charge in [0.1, 0.15) is 0 Å². The van der Waals surface area contributed by atoms with E-state index < -0.39 is 9.05 Å². The van der Waals surface area contributed by atoms with Crippen molar-refractivity contribution in [2.75, 3.05) is 6.54 Å². The number of amides is 1. The van der Waals surface area contributed by atoms with Crippen LogP contribution in [0.5, 0.6) is 0 Å². The fourth-order valence-electron chi connectivity index (χ4n) is 2.21. The quantitative estimate of drug-likeness (QED) is 0.787. The second kappa shape index (κ2) is 5.31. The maximum absolute atomic E-state index is 12.4. The van der Waals surface area contributed by atoms with E-state index in [1.54, 1.807) is 4.90 Å². The molecule has 7 heteroatoms. The monoisotopic (exact) mass is 321 g/mol. The van der Waals surface area contributed by atoms with Gasteiger partial charge in [0.15, 0.2) is 0 Å². The Bertz CT molecular complexity index is 615. The van der Waals surface area contributed by atoms with E-state index in [2.05, 4.69) is 0 Å². The Kier molecular flexibility index (Phi) is 4.08. The zero-order valence-corrected chi connectivity index (χ0v) is 12.6. The Morgan fingerprint density at radius 2 is 2.11 bits per heavy atom. The van der Waals surface area contributed by atoms with Crippen molar-refractivity contribution >= 4 is 37.2 Å². The van der Waals surface area contributed by atoms with Crippen molar-refractivity contribution in [2.24, 2.45) is 0 Å². The number of carbonyl (C=O) groups excluding carboxylic acids is 1. The first-order valence-corrected chi connectivity index (χ1v) is 8.54. The lowest BCUT2D eigenvalue weighted by atomic mass is 10.2. The first-order valence-electron chi connectivity index (χ1n) is 5.86. The molecule has 1 aliphatic rings. The van der Waals surface area contributed by atoms with Crippen LogP contribution in [-0.2, 0) is 9.05 Å². The summed E-state index contributed by atoms with van der Waals surface area (Å²) in [6.45, 7) is 2.62. The van der Waals surface area contributed by atoms with Crippen LogP contribution in [0.15, 0.2) is 23.1 Å². The van der Waals surface area contributed by atoms with E-state index in [1.165, 1.54) is 18.2 Å². The van der Waals surface area contributed by atoms with Crippen LogP contribution in [0.2, 0.25) is 5.02 Å². The smallest absolute Gasteiger partial charge is 0.261 e. The van der Waals surface area contributed by atoms with Crippen LogP contribution in [0.25, 0.3) is 0 Å². The molecule has 0 aromatic heterocycles. The molecule has 1 aromatic carbocycles. The number of likely N-dealkylation sites (tertiary alicyclic amines) is 1. The van der Waals surface area contributed by atoms with Crippen LogP contribution < -0.4 is 0 Å². The van der Waals surface area contributed by atoms with E-state index in [1.807, 2.05) is 6.92 Å². The van der Waals surface area contributed by atoms with Crippen molar-refractivity contribution in [3.05, 3.63) is 28.8 Å². The predicted octanol–water partition coefficient (Wildman–Crippen LogP) is 2.89. The van der Waals surface area contributed by atoms with Crippen LogP contribution >= 0.6 is 22.3 Å². The topological polar surface area (TPSA) is 54.5 Å². The van der Waals surface area contributed by atoms with E-state index >= 15 is 0 Å². The molecule has 1 heterocycles. The molecular formula is C12H13Cl2NO3S. The summed E-state index contributed by atoms with van der Waals surface area (Å²) < 4.78 is 22.6. The van der Waals surface area contributed by atoms with Gasteiger partial charge in [-0.15, -0.1) is 0 Å². The Balaban J connectivity index is 2.41. The molecule has 1 amide bonds. The van der Waals surface area contributed by atoms with Gasteiger partial charge in [-0.3, -0.25) is 4.79 Å². The maximum atomic E-state index is 12.4. The fourth-order valence-corrected chi connectivity index (χ4v) is 3.19. The Morgan fingerprint density at radius 3 is 2.63 bits per heavy atom. The molecule has 0 aliphatic carbocycles. The van der Waals surface area contributed by atoms with Gasteiger partial charge in [-0.2, -0.15) is 0 Å². The van der Waals surface area contributed by atoms with E-state index in [0.29, 0.717) is 6.54 Å². The minimum atomic E-state index is -3.87. The molecule has 1 unspecified atom stereocenters. The highest BCUT2D eigenvalue weighted by molar-refractivity contribution is 8.13. The summed E-state index contributed by atoms with van der Waals surface area (Å²) in [5.41, 5.74) is 0.178. The van der Waals surface area contributed by atoms with Crippen LogP contribution in [0, 0.1) is 0 Å². The van der Waals surface area contributed by atoms with Gasteiger partial charge in [0.05, 0.1) is 15.5 Å². The number of halogens is 2. The molecule has 1 aliphatic heterocycles. The highest BCUT2D eigenvalue weighted by atomic mass is 35.7. The molecule has 0 bridgehead atoms. The predicted molar refractivity (Wildman–Crippen MR) is 74.2 cm³/mol. The molecule has 0 spiro atoms. The van der Waals surface area contributed by atoms with Gasteiger partial charge in [0, 0.05) is 23.3 Å². The van der Waals surface area contributed by atoms with Gasteiger partial charge in [0.2, 0.25) is 0 Å². The van der Waals surface area contributed by atoms with E-state index in [-0.39, 0.29) is 27.4 Å². The van der Waals surface area contributed by atoms with Crippen molar-refractivity contribution in [3.63, 3.8) is 0 Å². The van der Waals surface area contributed by atoms with Gasteiger partial charge in [-0.05, 0) is 38.0 Å². The van der Waals surface area contributed by atoms with Gasteiger partial charge < -0.3 is 4.90 Å². The molecule has 1 atom stereocenters. The number of hydrogen-bond acceptors (Lipinski definition) is 3. The summed E-state index contributed by atoms with van der Waals surface area (Å²) in [6, 6.07) is 4.04. The number of nitrogens with zero attached hydrogens (tertiary/aromatic N) is 1. The number of benzene rings is 1. The normalized spacial score (nSPS) is 19.7. The number of rotatable bonds is 2. The largest absolute Gasteiger partial charge is 0.336 e. The minimum absolute atomic E-state index is 0.117. The summed E-state index contributed by atoms with van der Waals surface area (Å²) in [4.78, 5) is 13.9. The van der Waals surface area contributed by atoms with Crippen molar-refractivity contribution in [2.45, 2.75) is 30.7 Å². The van der Waals surface area contributed by atoms with Crippen LogP contribution in [0.3, 0.4) is 0 Å². The van der Waals surface area contributed by atoms with E-state index in [9.17, 15) is 13.2 Å². The molecular weight excluding hydrogens is 309 g/mol. The van der Waals surface area contributed by atoms with E-state index in [4.69, 9.17) is 22.3 Å². The lowest BCUT2D eigenvalue weighted by Gasteiger charge is -2.22. The summed E-state index contributed by atoms with van der Waals surface area (Å²) >= 11 is 5.98. The Morgan fingerprint density at radius 1 is 1.42 bits per heavy atom. The Hall–Kier alpha value is -0.780. The number of carbonyl (C=O) groups is 1. The third kappa shape index (κ3) is 3.04. The summed E-state index contributed by atoms with van der Waals surface area (Å²) in [5.74, 6) is -0.253. The third-order valence-electron chi connectivity index (χ3n) is 3.26. The minimum Gasteiger partial charge on any atom is -0.336 e. The average molecular weight is 322 g/mol. The van der Waals surface area contributed by atoms with Gasteiger partial charge >= 0.3 is 0 Å². The lowest BCUT2D eigenvalue weighted by molar-refractivity contribution is 0.0747. The summed E-state index contributed by atoms with van der Waals surface area (Å²) in [6.07, 6.45) is 1.88. The summed E-state index contributed by atoms with van der Waals surface area (Å²) in [5, 5.41) is 0.230. The van der Waals surface area contributed by atoms with Gasteiger partial charge in [-0.25, -0.2) is 8.42 Å². The average Bonchev–Trinajstić information content (AvgIpc) is 2.73. The highest BCUT2D eigenvalue weighted by Gasteiger charge is 2.28. The van der Waals surface area contributed by atoms with Crippen LogP contribution in [0.1, 0.15) is 30.1 Å². The third-order valence-corrected chi connectivity index (χ3v) is 4.94. The molecule has 0 saturated carbocycles. The van der Waals surface area contributed by atoms with Gasteiger partial charge in [-0.1, -0.05) is 11.6 Å². The highest BCUT2D eigenvalue weighted by Crippen LogP contribution is 2.26. The molecule has 2 rings (SSSR count). The van der Waals surface area contributed by atoms with Crippen molar-refractivity contribution in [1.82, 2.24) is 4.90 Å². The first kappa shape index (κ1) is 14.6. The first-order chi connectivity index (χ1) is 8.80. The zero-order valence-electron chi connectivity index (χ0n) is 10.3. The second-order valence-corrected chi connectivity index (χ2v) is 7.54. The van der Waals surface area contributed by atoms with Crippen LogP contribution in [0.4, 0.5) is 0 Å². The SMILES string of the molecule is CC1CCCN1C(=O)c1cc(S(=O)(=O)Cl)ccc1Cl. The molecule has 1 fully saturated rings. The van der Waals surface area contributed by atoms with Crippen molar-refractivity contribution in [3.8, 4) is 0 Å². The molecule has 0 radical (unpaired) electrons. The van der Waals surface area contributed by atoms with Crippen molar-refractivity contribution in [1.29, 1.82) is 0 Å². The Labute approximate surface area is 121 Å². The van der Waals surface area contributed by atoms with Crippen LogP contribution in [-0.4, -0.2) is 31.8 Å². The summed E-state index contributed by atoms with van der Waals surface area (Å²) in [7, 11) is 1.41. The van der Waals surface area contributed by atoms with E-state index in [0.717, 1.165) is 12.8 Å². The standard InChI is InChI=1S/C12H13Cl2NO3S/c1-8-3-2-6-15(8)12(16)10-7-9(19(14,17)18)4-5-11(10)13/h4-5,7-8H,2-3,6H2,1H3. The molecule has 1 aromatic rings. The maximum Gasteiger partial charge on any atom is 0.261 e. The second-order valence-electron chi connectivity index (χ2n) is 4.57. The lowest BCUT2D eigenvalue weighted by Crippen LogP contribution is -2.33. The molecule has 0 N–H and O–H groups in total. The van der Waals surface area contributed by atoms with Gasteiger partial charge in [0.25, 0.3) is 15.0 Å². The number of hydrogen-bond donors (Lipinski definition) is 0. The molecule has 104 valence electrons. The molecule has 1 saturated heterocycles. The molecule has 19 heavy (non-hydrogen) atoms.